The maximum absolute atomic E-state index is 12.9. The summed E-state index contributed by atoms with van der Waals surface area (Å²) in [6, 6.07) is 7.39. The number of likely N-dealkylation sites (N-methyl/N-ethyl adjacent to an activating group) is 1. The zero-order chi connectivity index (χ0) is 20.9. The molecule has 0 saturated carbocycles. The maximum Gasteiger partial charge on any atom is 0.197 e. The van der Waals surface area contributed by atoms with Gasteiger partial charge in [-0.25, -0.2) is 0 Å². The average molecular weight is 517 g/mol. The van der Waals surface area contributed by atoms with Crippen molar-refractivity contribution in [2.45, 2.75) is 18.4 Å². The summed E-state index contributed by atoms with van der Waals surface area (Å²) in [6.45, 7) is 0.617. The number of aromatic hydroxyl groups is 2. The zero-order valence-electron chi connectivity index (χ0n) is 15.9. The Bertz CT molecular complexity index is 1170. The van der Waals surface area contributed by atoms with Crippen LogP contribution < -0.4 is 5.43 Å². The lowest BCUT2D eigenvalue weighted by Crippen LogP contribution is -2.32. The zero-order valence-corrected chi connectivity index (χ0v) is 19.1. The second-order valence-corrected chi connectivity index (χ2v) is 8.58. The van der Waals surface area contributed by atoms with Crippen molar-refractivity contribution in [3.8, 4) is 22.8 Å². The first-order valence-corrected chi connectivity index (χ1v) is 10.3. The van der Waals surface area contributed by atoms with Gasteiger partial charge in [0.15, 0.2) is 5.43 Å². The van der Waals surface area contributed by atoms with Crippen molar-refractivity contribution in [2.75, 3.05) is 20.2 Å². The van der Waals surface area contributed by atoms with Crippen molar-refractivity contribution in [3.63, 3.8) is 0 Å². The number of hydrogen-bond acceptors (Lipinski definition) is 6. The van der Waals surface area contributed by atoms with E-state index < -0.39 is 5.43 Å². The lowest BCUT2D eigenvalue weighted by Gasteiger charge is -2.24. The third-order valence-electron chi connectivity index (χ3n) is 5.58. The van der Waals surface area contributed by atoms with Crippen molar-refractivity contribution in [2.24, 2.45) is 0 Å². The first-order valence-electron chi connectivity index (χ1n) is 9.11. The minimum Gasteiger partial charge on any atom is -0.507 e. The Morgan fingerprint density at radius 2 is 1.97 bits per heavy atom. The lowest BCUT2D eigenvalue weighted by atomic mass is 9.89. The molecule has 1 saturated heterocycles. The molecule has 1 aliphatic heterocycles. The number of rotatable bonds is 3. The average Bonchev–Trinajstić information content (AvgIpc) is 3.01. The topological polar surface area (TPSA) is 94.1 Å². The van der Waals surface area contributed by atoms with E-state index in [0.29, 0.717) is 22.6 Å². The number of phenols is 2. The fraction of sp³-hybridized carbons (Fsp3) is 0.286. The van der Waals surface area contributed by atoms with Crippen LogP contribution in [0, 0.1) is 0 Å². The number of nitrogens with zero attached hydrogens (tertiary/aromatic N) is 1. The molecule has 0 radical (unpaired) electrons. The van der Waals surface area contributed by atoms with E-state index in [1.54, 1.807) is 18.2 Å². The summed E-state index contributed by atoms with van der Waals surface area (Å²) in [5, 5.41) is 31.2. The van der Waals surface area contributed by atoms with Crippen LogP contribution >= 0.6 is 39.9 Å². The fourth-order valence-corrected chi connectivity index (χ4v) is 4.88. The van der Waals surface area contributed by atoms with Crippen molar-refractivity contribution in [3.05, 3.63) is 55.6 Å². The Morgan fingerprint density at radius 3 is 2.63 bits per heavy atom. The van der Waals surface area contributed by atoms with Crippen LogP contribution in [0.5, 0.6) is 11.5 Å². The van der Waals surface area contributed by atoms with E-state index in [1.165, 1.54) is 6.07 Å². The Hall–Kier alpha value is -1.77. The molecule has 9 heteroatoms. The molecule has 0 bridgehead atoms. The predicted molar refractivity (Wildman–Crippen MR) is 122 cm³/mol. The molecular weight excluding hydrogens is 497 g/mol. The molecule has 4 rings (SSSR count). The van der Waals surface area contributed by atoms with Gasteiger partial charge in [-0.05, 0) is 38.2 Å². The Labute approximate surface area is 192 Å². The van der Waals surface area contributed by atoms with E-state index in [1.807, 2.05) is 11.9 Å². The molecule has 0 unspecified atom stereocenters. The van der Waals surface area contributed by atoms with Gasteiger partial charge in [0.1, 0.15) is 28.2 Å². The molecule has 6 nitrogen and oxygen atoms in total. The quantitative estimate of drug-likeness (QED) is 0.475. The first kappa shape index (κ1) is 22.9. The van der Waals surface area contributed by atoms with Gasteiger partial charge in [-0.2, -0.15) is 0 Å². The lowest BCUT2D eigenvalue weighted by molar-refractivity contribution is 0.172. The first-order chi connectivity index (χ1) is 13.8. The number of halogens is 3. The smallest absolute Gasteiger partial charge is 0.197 e. The summed E-state index contributed by atoms with van der Waals surface area (Å²) in [5.41, 5.74) is 0.604. The van der Waals surface area contributed by atoms with Crippen LogP contribution in [0.15, 0.2) is 44.0 Å². The van der Waals surface area contributed by atoms with Crippen LogP contribution in [0.25, 0.3) is 22.3 Å². The van der Waals surface area contributed by atoms with Crippen LogP contribution in [-0.4, -0.2) is 46.5 Å². The van der Waals surface area contributed by atoms with Gasteiger partial charge < -0.3 is 24.6 Å². The van der Waals surface area contributed by atoms with E-state index in [4.69, 9.17) is 16.0 Å². The van der Waals surface area contributed by atoms with E-state index >= 15 is 0 Å². The molecule has 3 aromatic rings. The summed E-state index contributed by atoms with van der Waals surface area (Å²) in [6.07, 6.45) is 0.669. The third kappa shape index (κ3) is 3.81. The summed E-state index contributed by atoms with van der Waals surface area (Å²) in [4.78, 5) is 14.8. The molecule has 1 aromatic heterocycles. The number of aliphatic hydroxyl groups excluding tert-OH is 1. The van der Waals surface area contributed by atoms with Crippen LogP contribution in [-0.2, 0) is 0 Å². The summed E-state index contributed by atoms with van der Waals surface area (Å²) in [5.74, 6) is -0.545. The predicted octanol–water partition coefficient (Wildman–Crippen LogP) is 4.49. The standard InChI is InChI=1S/C21H19BrClNO5.ClH/c1-24-5-4-12(14(24)9-25)19-15(26)7-16(27)20-17(28)8-18(29-21(19)20)11-3-2-10(22)6-13(11)23;/h2-3,6-8,12,14,25-27H,4-5,9H2,1H3;1H/t12-,14+;/m0./s1. The molecule has 3 N–H and O–H groups in total. The molecule has 2 aromatic carbocycles. The molecule has 0 aliphatic carbocycles. The maximum atomic E-state index is 12.9. The molecule has 2 atom stereocenters. The Kier molecular flexibility index (Phi) is 6.69. The highest BCUT2D eigenvalue weighted by molar-refractivity contribution is 9.10. The molecule has 1 aliphatic rings. The summed E-state index contributed by atoms with van der Waals surface area (Å²) >= 11 is 9.68. The van der Waals surface area contributed by atoms with Gasteiger partial charge in [-0.3, -0.25) is 4.79 Å². The van der Waals surface area contributed by atoms with E-state index in [-0.39, 0.29) is 59.2 Å². The number of hydrogen-bond donors (Lipinski definition) is 3. The van der Waals surface area contributed by atoms with Gasteiger partial charge >= 0.3 is 0 Å². The number of phenolic OH excluding ortho intramolecular Hbond substituents is 2. The highest BCUT2D eigenvalue weighted by atomic mass is 79.9. The van der Waals surface area contributed by atoms with Crippen LogP contribution in [0.1, 0.15) is 17.9 Å². The highest BCUT2D eigenvalue weighted by Crippen LogP contribution is 2.44. The van der Waals surface area contributed by atoms with Crippen LogP contribution in [0.2, 0.25) is 5.02 Å². The monoisotopic (exact) mass is 515 g/mol. The van der Waals surface area contributed by atoms with Gasteiger partial charge in [0, 0.05) is 39.7 Å². The van der Waals surface area contributed by atoms with Gasteiger partial charge in [0.05, 0.1) is 11.6 Å². The Morgan fingerprint density at radius 1 is 1.23 bits per heavy atom. The fourth-order valence-electron chi connectivity index (χ4n) is 4.11. The van der Waals surface area contributed by atoms with Crippen molar-refractivity contribution < 1.29 is 19.7 Å². The highest BCUT2D eigenvalue weighted by Gasteiger charge is 2.36. The molecule has 2 heterocycles. The molecule has 30 heavy (non-hydrogen) atoms. The van der Waals surface area contributed by atoms with E-state index in [2.05, 4.69) is 15.9 Å². The van der Waals surface area contributed by atoms with Crippen molar-refractivity contribution >= 4 is 50.9 Å². The normalized spacial score (nSPS) is 19.2. The largest absolute Gasteiger partial charge is 0.507 e. The SMILES string of the molecule is CN1CC[C@H](c2c(O)cc(O)c3c(=O)cc(-c4ccc(Br)cc4Cl)oc23)[C@H]1CO.Cl. The number of likely N-dealkylation sites (tertiary alicyclic amines) is 1. The van der Waals surface area contributed by atoms with E-state index in [0.717, 1.165) is 17.1 Å². The molecule has 0 spiro atoms. The third-order valence-corrected chi connectivity index (χ3v) is 6.38. The second kappa shape index (κ2) is 8.77. The Balaban J connectivity index is 0.00000256. The summed E-state index contributed by atoms with van der Waals surface area (Å²) < 4.78 is 6.85. The van der Waals surface area contributed by atoms with Gasteiger partial charge in [-0.1, -0.05) is 27.5 Å². The van der Waals surface area contributed by atoms with E-state index in [9.17, 15) is 20.1 Å². The second-order valence-electron chi connectivity index (χ2n) is 7.26. The van der Waals surface area contributed by atoms with Gasteiger partial charge in [-0.15, -0.1) is 12.4 Å². The molecular formula is C21H20BrCl2NO5. The number of fused-ring (bicyclic) bond motifs is 1. The molecule has 1 fully saturated rings. The number of benzene rings is 2. The number of aliphatic hydroxyl groups is 1. The molecule has 160 valence electrons. The van der Waals surface area contributed by atoms with Gasteiger partial charge in [0.2, 0.25) is 0 Å². The van der Waals surface area contributed by atoms with Crippen molar-refractivity contribution in [1.82, 2.24) is 4.90 Å². The molecule has 0 amide bonds. The van der Waals surface area contributed by atoms with Crippen LogP contribution in [0.3, 0.4) is 0 Å². The van der Waals surface area contributed by atoms with Crippen molar-refractivity contribution in [1.29, 1.82) is 0 Å². The van der Waals surface area contributed by atoms with Crippen LogP contribution in [0.4, 0.5) is 0 Å². The summed E-state index contributed by atoms with van der Waals surface area (Å²) in [7, 11) is 1.89. The minimum atomic E-state index is -0.439. The van der Waals surface area contributed by atoms with Gasteiger partial charge in [0.25, 0.3) is 0 Å². The minimum absolute atomic E-state index is 0.